The molecular formula is C17H19N3O. The summed E-state index contributed by atoms with van der Waals surface area (Å²) in [5, 5.41) is 13.4. The van der Waals surface area contributed by atoms with E-state index in [0.717, 1.165) is 33.7 Å². The molecule has 0 saturated carbocycles. The van der Waals surface area contributed by atoms with E-state index in [9.17, 15) is 5.11 Å². The van der Waals surface area contributed by atoms with Gasteiger partial charge >= 0.3 is 0 Å². The fraction of sp³-hybridized carbons (Fsp3) is 0.235. The van der Waals surface area contributed by atoms with Gasteiger partial charge in [-0.15, -0.1) is 0 Å². The van der Waals surface area contributed by atoms with Gasteiger partial charge in [0.25, 0.3) is 0 Å². The van der Waals surface area contributed by atoms with Crippen molar-refractivity contribution in [2.75, 3.05) is 5.32 Å². The van der Waals surface area contributed by atoms with E-state index in [1.54, 1.807) is 6.07 Å². The Balaban J connectivity index is 1.88. The van der Waals surface area contributed by atoms with E-state index in [0.29, 0.717) is 5.75 Å². The molecule has 0 aliphatic heterocycles. The average Bonchev–Trinajstić information content (AvgIpc) is 2.80. The summed E-state index contributed by atoms with van der Waals surface area (Å²) in [6.07, 6.45) is 0. The van der Waals surface area contributed by atoms with Crippen molar-refractivity contribution in [2.24, 2.45) is 0 Å². The predicted octanol–water partition coefficient (Wildman–Crippen LogP) is 4.06. The third-order valence-electron chi connectivity index (χ3n) is 3.63. The number of rotatable bonds is 3. The normalized spacial score (nSPS) is 12.5. The van der Waals surface area contributed by atoms with Crippen LogP contribution in [0, 0.1) is 13.8 Å². The van der Waals surface area contributed by atoms with Crippen LogP contribution in [0.4, 0.5) is 5.69 Å². The molecule has 0 amide bonds. The largest absolute Gasteiger partial charge is 0.508 e. The topological polar surface area (TPSA) is 60.9 Å². The molecule has 1 heterocycles. The van der Waals surface area contributed by atoms with Gasteiger partial charge in [0.15, 0.2) is 0 Å². The van der Waals surface area contributed by atoms with Crippen LogP contribution in [0.25, 0.3) is 11.0 Å². The predicted molar refractivity (Wildman–Crippen MR) is 85.7 cm³/mol. The molecule has 3 aromatic rings. The first kappa shape index (κ1) is 13.5. The maximum Gasteiger partial charge on any atom is 0.120 e. The number of aryl methyl sites for hydroxylation is 2. The Kier molecular flexibility index (Phi) is 3.29. The second-order valence-corrected chi connectivity index (χ2v) is 5.48. The molecule has 108 valence electrons. The number of nitrogens with one attached hydrogen (secondary N) is 2. The van der Waals surface area contributed by atoms with Gasteiger partial charge in [-0.2, -0.15) is 0 Å². The van der Waals surface area contributed by atoms with Crippen molar-refractivity contribution < 1.29 is 5.11 Å². The number of hydrogen-bond donors (Lipinski definition) is 3. The third-order valence-corrected chi connectivity index (χ3v) is 3.63. The molecule has 0 saturated heterocycles. The molecule has 1 aromatic heterocycles. The fourth-order valence-corrected chi connectivity index (χ4v) is 2.58. The van der Waals surface area contributed by atoms with Gasteiger partial charge in [-0.1, -0.05) is 17.7 Å². The SMILES string of the molecule is Cc1ccc(O)c(C(C)Nc2ccc3nc(C)[nH]c3c2)c1. The molecule has 1 atom stereocenters. The van der Waals surface area contributed by atoms with Crippen molar-refractivity contribution in [3.63, 3.8) is 0 Å². The number of imidazole rings is 1. The minimum Gasteiger partial charge on any atom is -0.508 e. The van der Waals surface area contributed by atoms with Crippen LogP contribution in [0.1, 0.15) is 29.9 Å². The lowest BCUT2D eigenvalue weighted by Crippen LogP contribution is -2.07. The molecule has 21 heavy (non-hydrogen) atoms. The second kappa shape index (κ2) is 5.13. The van der Waals surface area contributed by atoms with Crippen molar-refractivity contribution in [3.05, 3.63) is 53.3 Å². The minimum absolute atomic E-state index is 0.0198. The molecular weight excluding hydrogens is 262 g/mol. The van der Waals surface area contributed by atoms with Crippen LogP contribution in [0.5, 0.6) is 5.75 Å². The first-order valence-corrected chi connectivity index (χ1v) is 7.05. The Morgan fingerprint density at radius 1 is 1.14 bits per heavy atom. The van der Waals surface area contributed by atoms with Gasteiger partial charge in [0, 0.05) is 11.3 Å². The molecule has 0 spiro atoms. The highest BCUT2D eigenvalue weighted by molar-refractivity contribution is 5.79. The molecule has 4 nitrogen and oxygen atoms in total. The number of aromatic amines is 1. The Hall–Kier alpha value is -2.49. The molecule has 0 fully saturated rings. The molecule has 0 aliphatic carbocycles. The quantitative estimate of drug-likeness (QED) is 0.678. The maximum absolute atomic E-state index is 10.0. The summed E-state index contributed by atoms with van der Waals surface area (Å²) < 4.78 is 0. The molecule has 0 bridgehead atoms. The van der Waals surface area contributed by atoms with Crippen LogP contribution in [0.3, 0.4) is 0 Å². The van der Waals surface area contributed by atoms with Crippen LogP contribution >= 0.6 is 0 Å². The number of benzene rings is 2. The van der Waals surface area contributed by atoms with Crippen LogP contribution in [-0.4, -0.2) is 15.1 Å². The number of aromatic nitrogens is 2. The lowest BCUT2D eigenvalue weighted by Gasteiger charge is -2.17. The van der Waals surface area contributed by atoms with Gasteiger partial charge in [0.2, 0.25) is 0 Å². The van der Waals surface area contributed by atoms with Gasteiger partial charge in [-0.05, 0) is 45.0 Å². The molecule has 4 heteroatoms. The van der Waals surface area contributed by atoms with E-state index >= 15 is 0 Å². The summed E-state index contributed by atoms with van der Waals surface area (Å²) in [5.74, 6) is 1.23. The van der Waals surface area contributed by atoms with Crippen molar-refractivity contribution in [1.82, 2.24) is 9.97 Å². The lowest BCUT2D eigenvalue weighted by molar-refractivity contribution is 0.465. The number of phenols is 1. The van der Waals surface area contributed by atoms with Gasteiger partial charge in [0.05, 0.1) is 17.1 Å². The van der Waals surface area contributed by atoms with E-state index in [4.69, 9.17) is 0 Å². The van der Waals surface area contributed by atoms with Crippen LogP contribution in [-0.2, 0) is 0 Å². The van der Waals surface area contributed by atoms with E-state index in [1.165, 1.54) is 0 Å². The highest BCUT2D eigenvalue weighted by atomic mass is 16.3. The van der Waals surface area contributed by atoms with Gasteiger partial charge < -0.3 is 15.4 Å². The standard InChI is InChI=1S/C17H19N3O/c1-10-4-7-17(21)14(8-10)11(2)18-13-5-6-15-16(9-13)20-12(3)19-15/h4-9,11,18,21H,1-3H3,(H,19,20). The maximum atomic E-state index is 10.0. The summed E-state index contributed by atoms with van der Waals surface area (Å²) >= 11 is 0. The zero-order valence-electron chi connectivity index (χ0n) is 12.4. The second-order valence-electron chi connectivity index (χ2n) is 5.48. The molecule has 0 radical (unpaired) electrons. The Morgan fingerprint density at radius 2 is 1.95 bits per heavy atom. The molecule has 3 N–H and O–H groups in total. The number of anilines is 1. The van der Waals surface area contributed by atoms with E-state index in [1.807, 2.05) is 51.1 Å². The van der Waals surface area contributed by atoms with Crippen LogP contribution in [0.2, 0.25) is 0 Å². The van der Waals surface area contributed by atoms with Crippen molar-refractivity contribution in [3.8, 4) is 5.75 Å². The van der Waals surface area contributed by atoms with E-state index < -0.39 is 0 Å². The number of nitrogens with zero attached hydrogens (tertiary/aromatic N) is 1. The summed E-state index contributed by atoms with van der Waals surface area (Å²) in [4.78, 5) is 7.63. The Bertz CT molecular complexity index is 792. The Labute approximate surface area is 123 Å². The van der Waals surface area contributed by atoms with Gasteiger partial charge in [0.1, 0.15) is 11.6 Å². The monoisotopic (exact) mass is 281 g/mol. The highest BCUT2D eigenvalue weighted by Gasteiger charge is 2.11. The van der Waals surface area contributed by atoms with Crippen molar-refractivity contribution in [1.29, 1.82) is 0 Å². The van der Waals surface area contributed by atoms with Crippen LogP contribution in [0.15, 0.2) is 36.4 Å². The number of hydrogen-bond acceptors (Lipinski definition) is 3. The fourth-order valence-electron chi connectivity index (χ4n) is 2.58. The molecule has 1 unspecified atom stereocenters. The zero-order chi connectivity index (χ0) is 15.0. The summed E-state index contributed by atoms with van der Waals surface area (Å²) in [5.41, 5.74) is 5.01. The smallest absolute Gasteiger partial charge is 0.120 e. The first-order chi connectivity index (χ1) is 10.0. The molecule has 0 aliphatic rings. The number of H-pyrrole nitrogens is 1. The summed E-state index contributed by atoms with van der Waals surface area (Å²) in [6.45, 7) is 6.01. The first-order valence-electron chi connectivity index (χ1n) is 7.05. The number of aromatic hydroxyl groups is 1. The van der Waals surface area contributed by atoms with Crippen molar-refractivity contribution >= 4 is 16.7 Å². The summed E-state index contributed by atoms with van der Waals surface area (Å²) in [6, 6.07) is 11.7. The average molecular weight is 281 g/mol. The number of phenolic OH excluding ortho intramolecular Hbond substituents is 1. The van der Waals surface area contributed by atoms with Crippen molar-refractivity contribution in [2.45, 2.75) is 26.8 Å². The van der Waals surface area contributed by atoms with E-state index in [2.05, 4.69) is 15.3 Å². The summed E-state index contributed by atoms with van der Waals surface area (Å²) in [7, 11) is 0. The van der Waals surface area contributed by atoms with Crippen LogP contribution < -0.4 is 5.32 Å². The third kappa shape index (κ3) is 2.70. The lowest BCUT2D eigenvalue weighted by atomic mass is 10.0. The minimum atomic E-state index is 0.0198. The number of fused-ring (bicyclic) bond motifs is 1. The molecule has 2 aromatic carbocycles. The Morgan fingerprint density at radius 3 is 2.76 bits per heavy atom. The highest BCUT2D eigenvalue weighted by Crippen LogP contribution is 2.28. The molecule has 3 rings (SSSR count). The van der Waals surface area contributed by atoms with Gasteiger partial charge in [-0.25, -0.2) is 4.98 Å². The zero-order valence-corrected chi connectivity index (χ0v) is 12.4. The van der Waals surface area contributed by atoms with Gasteiger partial charge in [-0.3, -0.25) is 0 Å². The van der Waals surface area contributed by atoms with E-state index in [-0.39, 0.29) is 6.04 Å².